The fraction of sp³-hybridized carbons (Fsp3) is 0.222. The molecule has 2 aromatic carbocycles. The van der Waals surface area contributed by atoms with E-state index >= 15 is 0 Å². The van der Waals surface area contributed by atoms with Crippen LogP contribution in [0, 0.1) is 5.82 Å². The van der Waals surface area contributed by atoms with Crippen LogP contribution in [0.3, 0.4) is 0 Å². The molecule has 3 rings (SSSR count). The van der Waals surface area contributed by atoms with E-state index in [0.29, 0.717) is 0 Å². The van der Waals surface area contributed by atoms with Crippen molar-refractivity contribution in [3.63, 3.8) is 0 Å². The molecule has 27 heavy (non-hydrogen) atoms. The summed E-state index contributed by atoms with van der Waals surface area (Å²) in [6, 6.07) is 6.98. The average molecular weight is 382 g/mol. The number of aromatic carboxylic acids is 1. The third-order valence-electron chi connectivity index (χ3n) is 4.31. The third-order valence-corrected chi connectivity index (χ3v) is 4.31. The Balaban J connectivity index is 2.34. The van der Waals surface area contributed by atoms with Crippen molar-refractivity contribution in [2.75, 3.05) is 0 Å². The molecule has 1 aromatic heterocycles. The lowest BCUT2D eigenvalue weighted by Gasteiger charge is -2.30. The number of fused-ring (bicyclic) bond motifs is 1. The van der Waals surface area contributed by atoms with E-state index in [2.05, 4.69) is 4.98 Å². The lowest BCUT2D eigenvalue weighted by Crippen LogP contribution is -2.45. The highest BCUT2D eigenvalue weighted by atomic mass is 19.4. The molecular weight excluding hydrogens is 368 g/mol. The zero-order valence-corrected chi connectivity index (χ0v) is 14.0. The Kier molecular flexibility index (Phi) is 4.43. The van der Waals surface area contributed by atoms with Crippen LogP contribution in [0.25, 0.3) is 11.0 Å². The van der Waals surface area contributed by atoms with Crippen molar-refractivity contribution < 1.29 is 32.6 Å². The first-order valence-corrected chi connectivity index (χ1v) is 7.88. The van der Waals surface area contributed by atoms with Crippen molar-refractivity contribution in [2.45, 2.75) is 25.2 Å². The third kappa shape index (κ3) is 2.93. The molecule has 0 aliphatic heterocycles. The van der Waals surface area contributed by atoms with E-state index < -0.39 is 35.0 Å². The van der Waals surface area contributed by atoms with Crippen LogP contribution in [0.2, 0.25) is 0 Å². The Bertz CT molecular complexity index is 1010. The van der Waals surface area contributed by atoms with Gasteiger partial charge >= 0.3 is 12.1 Å². The number of hydrogen-bond acceptors (Lipinski definition) is 3. The lowest BCUT2D eigenvalue weighted by molar-refractivity contribution is -0.252. The Morgan fingerprint density at radius 3 is 2.30 bits per heavy atom. The normalized spacial score (nSPS) is 14.3. The molecule has 0 aliphatic rings. The second-order valence-electron chi connectivity index (χ2n) is 5.90. The van der Waals surface area contributed by atoms with Gasteiger partial charge in [-0.2, -0.15) is 13.2 Å². The molecule has 1 heterocycles. The summed E-state index contributed by atoms with van der Waals surface area (Å²) in [5.74, 6) is -2.72. The van der Waals surface area contributed by atoms with Crippen LogP contribution >= 0.6 is 0 Å². The van der Waals surface area contributed by atoms with Crippen LogP contribution in [-0.4, -0.2) is 31.9 Å². The molecule has 0 aliphatic carbocycles. The summed E-state index contributed by atoms with van der Waals surface area (Å²) in [7, 11) is 0. The summed E-state index contributed by atoms with van der Waals surface area (Å²) in [6.45, 7) is 1.54. The quantitative estimate of drug-likeness (QED) is 0.675. The van der Waals surface area contributed by atoms with Crippen LogP contribution in [0.5, 0.6) is 0 Å². The maximum absolute atomic E-state index is 13.9. The number of aryl methyl sites for hydroxylation is 1. The molecular formula is C18H14F4N2O3. The number of alkyl halides is 3. The topological polar surface area (TPSA) is 75.3 Å². The molecule has 0 bridgehead atoms. The fourth-order valence-corrected chi connectivity index (χ4v) is 2.96. The number of nitrogens with zero attached hydrogens (tertiary/aromatic N) is 2. The van der Waals surface area contributed by atoms with Gasteiger partial charge in [0.2, 0.25) is 5.60 Å². The smallest absolute Gasteiger partial charge is 0.428 e. The number of rotatable bonds is 4. The van der Waals surface area contributed by atoms with Crippen LogP contribution in [0.1, 0.15) is 28.7 Å². The minimum atomic E-state index is -5.16. The summed E-state index contributed by atoms with van der Waals surface area (Å²) in [5.41, 5.74) is -3.99. The number of aromatic nitrogens is 2. The van der Waals surface area contributed by atoms with Gasteiger partial charge in [-0.15, -0.1) is 0 Å². The molecule has 5 nitrogen and oxygen atoms in total. The SMILES string of the molecule is CCn1c(C(O)(c2ccc(F)cc2)C(F)(F)F)nc2ccc(C(=O)O)cc21. The van der Waals surface area contributed by atoms with Gasteiger partial charge < -0.3 is 14.8 Å². The van der Waals surface area contributed by atoms with Gasteiger partial charge in [-0.1, -0.05) is 12.1 Å². The van der Waals surface area contributed by atoms with E-state index in [0.717, 1.165) is 28.8 Å². The zero-order chi connectivity index (χ0) is 20.0. The standard InChI is InChI=1S/C18H14F4N2O3/c1-2-24-14-9-10(15(25)26)3-8-13(14)23-16(24)17(27,18(20,21)22)11-4-6-12(19)7-5-11/h3-9,27H,2H2,1H3,(H,25,26). The van der Waals surface area contributed by atoms with Crippen molar-refractivity contribution in [3.05, 3.63) is 65.2 Å². The highest BCUT2D eigenvalue weighted by Crippen LogP contribution is 2.44. The van der Waals surface area contributed by atoms with Gasteiger partial charge in [-0.3, -0.25) is 0 Å². The van der Waals surface area contributed by atoms with E-state index in [1.54, 1.807) is 6.92 Å². The number of carboxylic acids is 1. The number of halogens is 4. The molecule has 1 unspecified atom stereocenters. The molecule has 0 fully saturated rings. The number of imidazole rings is 1. The van der Waals surface area contributed by atoms with Crippen LogP contribution in [0.15, 0.2) is 42.5 Å². The van der Waals surface area contributed by atoms with Crippen LogP contribution in [0.4, 0.5) is 17.6 Å². The van der Waals surface area contributed by atoms with E-state index in [-0.39, 0.29) is 23.1 Å². The number of aliphatic hydroxyl groups is 1. The number of hydrogen-bond donors (Lipinski definition) is 2. The van der Waals surface area contributed by atoms with Gasteiger partial charge in [-0.05, 0) is 37.3 Å². The maximum Gasteiger partial charge on any atom is 0.428 e. The van der Waals surface area contributed by atoms with Crippen LogP contribution < -0.4 is 0 Å². The predicted octanol–water partition coefficient (Wildman–Crippen LogP) is 3.69. The van der Waals surface area contributed by atoms with Crippen molar-refractivity contribution >= 4 is 17.0 Å². The second-order valence-corrected chi connectivity index (χ2v) is 5.90. The molecule has 9 heteroatoms. The van der Waals surface area contributed by atoms with Gasteiger partial charge in [0.1, 0.15) is 5.82 Å². The molecule has 0 amide bonds. The highest BCUT2D eigenvalue weighted by molar-refractivity contribution is 5.92. The van der Waals surface area contributed by atoms with E-state index in [1.165, 1.54) is 18.2 Å². The first-order chi connectivity index (χ1) is 12.6. The number of carboxylic acid groups (broad SMARTS) is 1. The molecule has 0 spiro atoms. The monoisotopic (exact) mass is 382 g/mol. The van der Waals surface area contributed by atoms with Gasteiger partial charge in [0.05, 0.1) is 16.6 Å². The Hall–Kier alpha value is -2.94. The summed E-state index contributed by atoms with van der Waals surface area (Å²) in [5, 5.41) is 19.8. The van der Waals surface area contributed by atoms with Crippen molar-refractivity contribution in [2.24, 2.45) is 0 Å². The Morgan fingerprint density at radius 1 is 1.15 bits per heavy atom. The van der Waals surface area contributed by atoms with Crippen LogP contribution in [-0.2, 0) is 12.1 Å². The minimum absolute atomic E-state index is 0.00547. The molecule has 0 saturated heterocycles. The van der Waals surface area contributed by atoms with E-state index in [4.69, 9.17) is 5.11 Å². The molecule has 0 radical (unpaired) electrons. The summed E-state index contributed by atoms with van der Waals surface area (Å²) < 4.78 is 56.1. The second kappa shape index (κ2) is 6.34. The zero-order valence-electron chi connectivity index (χ0n) is 14.0. The average Bonchev–Trinajstić information content (AvgIpc) is 2.98. The molecule has 2 N–H and O–H groups in total. The van der Waals surface area contributed by atoms with Crippen molar-refractivity contribution in [1.29, 1.82) is 0 Å². The number of carbonyl (C=O) groups is 1. The van der Waals surface area contributed by atoms with E-state index in [1.807, 2.05) is 0 Å². The largest absolute Gasteiger partial charge is 0.478 e. The molecule has 142 valence electrons. The molecule has 0 saturated carbocycles. The summed E-state index contributed by atoms with van der Waals surface area (Å²) in [6.07, 6.45) is -5.16. The maximum atomic E-state index is 13.9. The predicted molar refractivity (Wildman–Crippen MR) is 87.8 cm³/mol. The summed E-state index contributed by atoms with van der Waals surface area (Å²) >= 11 is 0. The van der Waals surface area contributed by atoms with Gasteiger partial charge in [0.25, 0.3) is 0 Å². The van der Waals surface area contributed by atoms with Gasteiger partial charge in [-0.25, -0.2) is 14.2 Å². The van der Waals surface area contributed by atoms with Gasteiger partial charge in [0.15, 0.2) is 5.82 Å². The Labute approximate surface area is 150 Å². The minimum Gasteiger partial charge on any atom is -0.478 e. The summed E-state index contributed by atoms with van der Waals surface area (Å²) in [4.78, 5) is 15.1. The van der Waals surface area contributed by atoms with E-state index in [9.17, 15) is 27.5 Å². The first-order valence-electron chi connectivity index (χ1n) is 7.88. The highest BCUT2D eigenvalue weighted by Gasteiger charge is 2.59. The first kappa shape index (κ1) is 18.8. The molecule has 1 atom stereocenters. The lowest BCUT2D eigenvalue weighted by atomic mass is 9.92. The van der Waals surface area contributed by atoms with Crippen molar-refractivity contribution in [1.82, 2.24) is 9.55 Å². The fourth-order valence-electron chi connectivity index (χ4n) is 2.96. The Morgan fingerprint density at radius 2 is 1.78 bits per heavy atom. The molecule has 3 aromatic rings. The van der Waals surface area contributed by atoms with Crippen molar-refractivity contribution in [3.8, 4) is 0 Å². The van der Waals surface area contributed by atoms with Gasteiger partial charge in [0, 0.05) is 12.1 Å². The number of benzene rings is 2.